The van der Waals surface area contributed by atoms with Gasteiger partial charge in [-0.2, -0.15) is 0 Å². The van der Waals surface area contributed by atoms with Crippen molar-refractivity contribution >= 4 is 51.0 Å². The number of nitrogens with zero attached hydrogens (tertiary/aromatic N) is 1. The van der Waals surface area contributed by atoms with E-state index in [9.17, 15) is 14.9 Å². The molecule has 0 bridgehead atoms. The van der Waals surface area contributed by atoms with Gasteiger partial charge in [0, 0.05) is 4.88 Å². The number of hydrogen-bond acceptors (Lipinski definition) is 7. The van der Waals surface area contributed by atoms with Gasteiger partial charge in [-0.3, -0.25) is 10.1 Å². The zero-order valence-corrected chi connectivity index (χ0v) is 16.0. The maximum Gasteiger partial charge on any atom is 0.340 e. The third kappa shape index (κ3) is 4.67. The van der Waals surface area contributed by atoms with Gasteiger partial charge < -0.3 is 20.1 Å². The Morgan fingerprint density at radius 1 is 1.35 bits per heavy atom. The molecule has 0 fully saturated rings. The number of nitrogens with one attached hydrogen (secondary N) is 2. The number of benzene rings is 1. The highest BCUT2D eigenvalue weighted by atomic mass is 32.1. The molecule has 1 heterocycles. The molecule has 1 aromatic carbocycles. The van der Waals surface area contributed by atoms with Crippen LogP contribution < -0.4 is 15.4 Å². The number of carbonyl (C=O) groups excluding carboxylic acids is 1. The van der Waals surface area contributed by atoms with Crippen molar-refractivity contribution in [3.63, 3.8) is 0 Å². The van der Waals surface area contributed by atoms with Gasteiger partial charge in [0.05, 0.1) is 30.3 Å². The Kier molecular flexibility index (Phi) is 6.47. The van der Waals surface area contributed by atoms with E-state index in [4.69, 9.17) is 21.7 Å². The van der Waals surface area contributed by atoms with Crippen LogP contribution in [0.2, 0.25) is 0 Å². The van der Waals surface area contributed by atoms with Crippen LogP contribution in [0, 0.1) is 17.0 Å². The Hall–Kier alpha value is -2.72. The summed E-state index contributed by atoms with van der Waals surface area (Å²) in [6.45, 7) is 4.03. The molecule has 1 aromatic heterocycles. The average Bonchev–Trinajstić information content (AvgIpc) is 2.95. The highest BCUT2D eigenvalue weighted by Gasteiger charge is 2.19. The number of esters is 1. The minimum Gasteiger partial charge on any atom is -0.494 e. The summed E-state index contributed by atoms with van der Waals surface area (Å²) >= 11 is 6.54. The van der Waals surface area contributed by atoms with Crippen molar-refractivity contribution in [2.24, 2.45) is 0 Å². The van der Waals surface area contributed by atoms with Crippen LogP contribution in [0.3, 0.4) is 0 Å². The molecule has 138 valence electrons. The van der Waals surface area contributed by atoms with Crippen LogP contribution in [-0.2, 0) is 4.74 Å². The molecule has 0 amide bonds. The number of ether oxygens (including phenoxy) is 2. The Morgan fingerprint density at radius 2 is 2.08 bits per heavy atom. The van der Waals surface area contributed by atoms with E-state index in [1.165, 1.54) is 30.6 Å². The number of carbonyl (C=O) groups is 1. The molecule has 0 aliphatic rings. The molecular weight excluding hydrogens is 378 g/mol. The standard InChI is InChI=1S/C16H17N3O5S2/c1-4-24-10-5-6-12(13(8-10)19(21)22)17-16(25)18-14-11(15(20)23-3)7-9(2)26-14/h5-8H,4H2,1-3H3,(H2,17,18,25). The number of anilines is 2. The van der Waals surface area contributed by atoms with Crippen molar-refractivity contribution in [3.05, 3.63) is 44.8 Å². The van der Waals surface area contributed by atoms with E-state index in [1.54, 1.807) is 19.1 Å². The molecule has 8 nitrogen and oxygen atoms in total. The molecule has 0 radical (unpaired) electrons. The highest BCUT2D eigenvalue weighted by Crippen LogP contribution is 2.31. The molecule has 0 spiro atoms. The predicted molar refractivity (Wildman–Crippen MR) is 105 cm³/mol. The van der Waals surface area contributed by atoms with Crippen molar-refractivity contribution < 1.29 is 19.2 Å². The number of thiophene rings is 1. The summed E-state index contributed by atoms with van der Waals surface area (Å²) < 4.78 is 10.0. The van der Waals surface area contributed by atoms with Gasteiger partial charge in [0.15, 0.2) is 5.11 Å². The van der Waals surface area contributed by atoms with Crippen LogP contribution in [0.15, 0.2) is 24.3 Å². The van der Waals surface area contributed by atoms with E-state index in [-0.39, 0.29) is 16.5 Å². The smallest absolute Gasteiger partial charge is 0.340 e. The molecule has 0 saturated carbocycles. The van der Waals surface area contributed by atoms with E-state index in [0.717, 1.165) is 4.88 Å². The summed E-state index contributed by atoms with van der Waals surface area (Å²) in [5, 5.41) is 17.6. The lowest BCUT2D eigenvalue weighted by Crippen LogP contribution is -2.20. The molecule has 0 saturated heterocycles. The van der Waals surface area contributed by atoms with Gasteiger partial charge in [-0.05, 0) is 44.3 Å². The first-order valence-corrected chi connectivity index (χ1v) is 8.76. The summed E-state index contributed by atoms with van der Waals surface area (Å²) in [6, 6.07) is 6.12. The second kappa shape index (κ2) is 8.59. The molecule has 2 rings (SSSR count). The Morgan fingerprint density at radius 3 is 2.69 bits per heavy atom. The number of nitro benzene ring substituents is 1. The van der Waals surface area contributed by atoms with Gasteiger partial charge >= 0.3 is 5.97 Å². The molecule has 10 heteroatoms. The van der Waals surface area contributed by atoms with Crippen LogP contribution in [0.5, 0.6) is 5.75 Å². The first-order chi connectivity index (χ1) is 12.3. The summed E-state index contributed by atoms with van der Waals surface area (Å²) in [6.07, 6.45) is 0. The van der Waals surface area contributed by atoms with Gasteiger partial charge in [-0.1, -0.05) is 0 Å². The molecule has 0 atom stereocenters. The van der Waals surface area contributed by atoms with Crippen LogP contribution in [0.4, 0.5) is 16.4 Å². The number of aryl methyl sites for hydroxylation is 1. The second-order valence-electron chi connectivity index (χ2n) is 5.04. The minimum absolute atomic E-state index is 0.115. The van der Waals surface area contributed by atoms with E-state index < -0.39 is 10.9 Å². The molecule has 2 aromatic rings. The number of methoxy groups -OCH3 is 1. The van der Waals surface area contributed by atoms with Gasteiger partial charge in [0.25, 0.3) is 5.69 Å². The Balaban J connectivity index is 2.20. The van der Waals surface area contributed by atoms with Crippen LogP contribution in [0.25, 0.3) is 0 Å². The fraction of sp³-hybridized carbons (Fsp3) is 0.250. The first kappa shape index (κ1) is 19.6. The van der Waals surface area contributed by atoms with E-state index in [1.807, 2.05) is 6.92 Å². The van der Waals surface area contributed by atoms with Crippen molar-refractivity contribution in [2.45, 2.75) is 13.8 Å². The minimum atomic E-state index is -0.525. The summed E-state index contributed by atoms with van der Waals surface area (Å²) in [7, 11) is 1.29. The van der Waals surface area contributed by atoms with E-state index >= 15 is 0 Å². The SMILES string of the molecule is CCOc1ccc(NC(=S)Nc2sc(C)cc2C(=O)OC)c([N+](=O)[O-])c1. The maximum absolute atomic E-state index is 11.8. The summed E-state index contributed by atoms with van der Waals surface area (Å²) in [4.78, 5) is 23.5. The van der Waals surface area contributed by atoms with Gasteiger partial charge in [0.1, 0.15) is 16.4 Å². The molecule has 0 aliphatic heterocycles. The number of rotatable bonds is 6. The van der Waals surface area contributed by atoms with Crippen molar-refractivity contribution in [1.82, 2.24) is 0 Å². The fourth-order valence-corrected chi connectivity index (χ4v) is 3.33. The normalized spacial score (nSPS) is 10.1. The zero-order chi connectivity index (χ0) is 19.3. The number of thiocarbonyl (C=S) groups is 1. The van der Waals surface area contributed by atoms with E-state index in [2.05, 4.69) is 10.6 Å². The van der Waals surface area contributed by atoms with Crippen molar-refractivity contribution in [1.29, 1.82) is 0 Å². The number of nitro groups is 1. The first-order valence-electron chi connectivity index (χ1n) is 7.53. The largest absolute Gasteiger partial charge is 0.494 e. The predicted octanol–water partition coefficient (Wildman–Crippen LogP) is 3.96. The van der Waals surface area contributed by atoms with E-state index in [0.29, 0.717) is 22.9 Å². The van der Waals surface area contributed by atoms with Crippen molar-refractivity contribution in [3.8, 4) is 5.75 Å². The van der Waals surface area contributed by atoms with Crippen LogP contribution >= 0.6 is 23.6 Å². The third-order valence-electron chi connectivity index (χ3n) is 3.21. The van der Waals surface area contributed by atoms with Crippen LogP contribution in [0.1, 0.15) is 22.2 Å². The molecular formula is C16H17N3O5S2. The van der Waals surface area contributed by atoms with Crippen molar-refractivity contribution in [2.75, 3.05) is 24.4 Å². The zero-order valence-electron chi connectivity index (χ0n) is 14.3. The lowest BCUT2D eigenvalue weighted by molar-refractivity contribution is -0.384. The topological polar surface area (TPSA) is 103 Å². The fourth-order valence-electron chi connectivity index (χ4n) is 2.15. The highest BCUT2D eigenvalue weighted by molar-refractivity contribution is 7.80. The molecule has 26 heavy (non-hydrogen) atoms. The number of hydrogen-bond donors (Lipinski definition) is 2. The van der Waals surface area contributed by atoms with Gasteiger partial charge in [-0.25, -0.2) is 4.79 Å². The second-order valence-corrected chi connectivity index (χ2v) is 6.70. The Labute approximate surface area is 159 Å². The molecule has 0 aliphatic carbocycles. The summed E-state index contributed by atoms with van der Waals surface area (Å²) in [5.74, 6) is -0.0998. The lowest BCUT2D eigenvalue weighted by atomic mass is 10.2. The van der Waals surface area contributed by atoms with Gasteiger partial charge in [-0.15, -0.1) is 11.3 Å². The lowest BCUT2D eigenvalue weighted by Gasteiger charge is -2.11. The van der Waals surface area contributed by atoms with Crippen LogP contribution in [-0.4, -0.2) is 29.7 Å². The quantitative estimate of drug-likeness (QED) is 0.328. The van der Waals surface area contributed by atoms with Gasteiger partial charge in [0.2, 0.25) is 0 Å². The maximum atomic E-state index is 11.8. The monoisotopic (exact) mass is 395 g/mol. The Bertz CT molecular complexity index is 850. The third-order valence-corrected chi connectivity index (χ3v) is 4.38. The summed E-state index contributed by atoms with van der Waals surface area (Å²) in [5.41, 5.74) is 0.389. The average molecular weight is 395 g/mol. The molecule has 0 unspecified atom stereocenters. The molecule has 2 N–H and O–H groups in total.